The van der Waals surface area contributed by atoms with Gasteiger partial charge in [0, 0.05) is 4.57 Å². The number of hydrogen-bond acceptors (Lipinski definition) is 3. The first kappa shape index (κ1) is 226. The fourth-order valence-corrected chi connectivity index (χ4v) is 0.744. The van der Waals surface area contributed by atoms with E-state index in [-0.39, 0.29) is 111 Å². The van der Waals surface area contributed by atoms with Gasteiger partial charge in [0.05, 0.1) is 0 Å². The van der Waals surface area contributed by atoms with Crippen LogP contribution < -0.4 is 0 Å². The lowest BCUT2D eigenvalue weighted by Crippen LogP contribution is -1.81. The minimum atomic E-state index is -1.83. The van der Waals surface area contributed by atoms with Crippen LogP contribution in [0.5, 0.6) is 0 Å². The predicted octanol–water partition coefficient (Wildman–Crippen LogP) is 11.3. The van der Waals surface area contributed by atoms with Crippen molar-refractivity contribution in [3.63, 3.8) is 0 Å². The molecule has 4 heteroatoms. The Morgan fingerprint density at radius 2 is 0.609 bits per heavy atom. The van der Waals surface area contributed by atoms with Crippen LogP contribution >= 0.6 is 8.25 Å². The van der Waals surface area contributed by atoms with Gasteiger partial charge in [0.15, 0.2) is 0 Å². The van der Waals surface area contributed by atoms with Gasteiger partial charge in [0.1, 0.15) is 13.2 Å². The Morgan fingerprint density at radius 3 is 0.696 bits per heavy atom. The minimum Gasteiger partial charge on any atom is -0.119 e. The zero-order valence-electron chi connectivity index (χ0n) is 5.09. The highest BCUT2D eigenvalue weighted by atomic mass is 31.1. The van der Waals surface area contributed by atoms with E-state index < -0.39 is 8.25 Å². The third-order valence-electron chi connectivity index (χ3n) is 0.469. The molecule has 0 N–H and O–H groups in total. The molecule has 0 fully saturated rings. The summed E-state index contributed by atoms with van der Waals surface area (Å²) >= 11 is 0. The lowest BCUT2D eigenvalue weighted by molar-refractivity contribution is 0.243. The molecule has 0 aliphatic heterocycles. The van der Waals surface area contributed by atoms with Crippen molar-refractivity contribution in [1.82, 2.24) is 0 Å². The smallest absolute Gasteiger partial charge is 0.119 e. The summed E-state index contributed by atoms with van der Waals surface area (Å²) in [5.41, 5.74) is 0. The van der Waals surface area contributed by atoms with Crippen molar-refractivity contribution in [2.45, 2.75) is 125 Å². The van der Waals surface area contributed by atoms with Crippen LogP contribution in [0.25, 0.3) is 0 Å². The first-order valence-corrected chi connectivity index (χ1v) is 3.63. The topological polar surface area (TPSA) is 35.5 Å². The van der Waals surface area contributed by atoms with Crippen LogP contribution in [0.15, 0.2) is 0 Å². The van der Waals surface area contributed by atoms with Crippen LogP contribution in [-0.4, -0.2) is 13.2 Å². The summed E-state index contributed by atoms with van der Waals surface area (Å²) in [7, 11) is -1.83. The van der Waals surface area contributed by atoms with E-state index in [4.69, 9.17) is 0 Å². The molecular weight excluding hydrogens is 307 g/mol. The molecule has 0 unspecified atom stereocenters. The molecule has 168 valence electrons. The Labute approximate surface area is 161 Å². The van der Waals surface area contributed by atoms with E-state index in [0.717, 1.165) is 0 Å². The Balaban J connectivity index is -0.00000000233. The van der Waals surface area contributed by atoms with Gasteiger partial charge in [-0.2, -0.15) is 0 Å². The van der Waals surface area contributed by atoms with Crippen molar-refractivity contribution < 1.29 is 13.6 Å². The molecule has 0 aromatic rings. The second-order valence-corrected chi connectivity index (χ2v) is 2.02. The average Bonchev–Trinajstić information content (AvgIpc) is 1.68. The van der Waals surface area contributed by atoms with Crippen molar-refractivity contribution in [1.29, 1.82) is 0 Å². The van der Waals surface area contributed by atoms with Gasteiger partial charge in [-0.1, -0.05) is 111 Å². The molecule has 0 heterocycles. The number of rotatable bonds is 4. The quantitative estimate of drug-likeness (QED) is 0.457. The van der Waals surface area contributed by atoms with Gasteiger partial charge >= 0.3 is 8.25 Å². The lowest BCUT2D eigenvalue weighted by atomic mass is 10.9. The molecule has 0 amide bonds. The molecule has 0 aromatic carbocycles. The summed E-state index contributed by atoms with van der Waals surface area (Å²) in [6, 6.07) is 0. The molecule has 0 aliphatic carbocycles. The summed E-state index contributed by atoms with van der Waals surface area (Å²) in [6.07, 6.45) is 0. The maximum atomic E-state index is 10.3. The highest BCUT2D eigenvalue weighted by molar-refractivity contribution is 7.33. The van der Waals surface area contributed by atoms with Crippen molar-refractivity contribution >= 4 is 8.25 Å². The predicted molar refractivity (Wildman–Crippen MR) is 132 cm³/mol. The van der Waals surface area contributed by atoms with Gasteiger partial charge in [-0.15, -0.1) is 9.05 Å². The van der Waals surface area contributed by atoms with E-state index in [1.165, 1.54) is 0 Å². The Kier molecular flexibility index (Phi) is 1940. The molecule has 0 spiro atoms. The van der Waals surface area contributed by atoms with Crippen LogP contribution in [0.2, 0.25) is 0 Å². The van der Waals surface area contributed by atoms with E-state index in [1.54, 1.807) is 13.8 Å². The monoisotopic (exact) mass is 378 g/mol. The molecule has 0 aromatic heterocycles. The van der Waals surface area contributed by atoms with Gasteiger partial charge in [-0.3, -0.25) is 0 Å². The third kappa shape index (κ3) is 244. The molecule has 0 saturated heterocycles. The third-order valence-corrected chi connectivity index (χ3v) is 1.41. The summed E-state index contributed by atoms with van der Waals surface area (Å²) in [6.45, 7) is 4.42. The maximum Gasteiger partial charge on any atom is 0.697 e. The van der Waals surface area contributed by atoms with E-state index >= 15 is 0 Å². The fourth-order valence-electron chi connectivity index (χ4n) is 0.248. The molecule has 3 nitrogen and oxygen atoms in total. The van der Waals surface area contributed by atoms with Gasteiger partial charge in [-0.25, -0.2) is 0 Å². The normalized spacial score (nSPS) is 3.22. The van der Waals surface area contributed by atoms with Crippen molar-refractivity contribution in [3.05, 3.63) is 0 Å². The lowest BCUT2D eigenvalue weighted by Gasteiger charge is -1.78. The van der Waals surface area contributed by atoms with Crippen LogP contribution in [0.1, 0.15) is 125 Å². The van der Waals surface area contributed by atoms with Crippen LogP contribution in [0, 0.1) is 0 Å². The Hall–Kier alpha value is 0.0200. The second kappa shape index (κ2) is 197. The van der Waals surface area contributed by atoms with E-state index in [2.05, 4.69) is 9.05 Å². The first-order valence-electron chi connectivity index (χ1n) is 2.54. The minimum absolute atomic E-state index is 0. The molecule has 0 bridgehead atoms. The Morgan fingerprint density at radius 1 is 0.478 bits per heavy atom. The summed E-state index contributed by atoms with van der Waals surface area (Å²) in [5.74, 6) is 0. The average molecular weight is 378 g/mol. The van der Waals surface area contributed by atoms with E-state index in [0.29, 0.717) is 13.2 Å². The standard InChI is InChI=1S/C4H10O3P.15CH4/c1-3-6-8(5)7-4-2;;;;;;;;;;;;;;;/h3-4H2,1-2H3;15*1H4/q+1;;;;;;;;;;;;;;;. The van der Waals surface area contributed by atoms with Crippen molar-refractivity contribution in [3.8, 4) is 0 Å². The molecule has 0 rings (SSSR count). The SMILES string of the molecule is C.C.C.C.C.C.C.C.C.C.C.C.C.C.C.CCO[P+](=O)OCC. The molecular formula is C19H70O3P+. The maximum absolute atomic E-state index is 10.3. The first-order chi connectivity index (χ1) is 3.81. The van der Waals surface area contributed by atoms with Crippen molar-refractivity contribution in [2.75, 3.05) is 13.2 Å². The van der Waals surface area contributed by atoms with Gasteiger partial charge in [0.25, 0.3) is 0 Å². The summed E-state index contributed by atoms with van der Waals surface area (Å²) in [5, 5.41) is 0. The highest BCUT2D eigenvalue weighted by Gasteiger charge is 2.15. The molecule has 0 aliphatic rings. The van der Waals surface area contributed by atoms with Gasteiger partial charge < -0.3 is 0 Å². The largest absolute Gasteiger partial charge is 0.697 e. The van der Waals surface area contributed by atoms with Crippen LogP contribution in [0.4, 0.5) is 0 Å². The van der Waals surface area contributed by atoms with Gasteiger partial charge in [-0.05, 0) is 13.8 Å². The Bertz CT molecular complexity index is 73.0. The van der Waals surface area contributed by atoms with Crippen LogP contribution in [0.3, 0.4) is 0 Å². The van der Waals surface area contributed by atoms with Gasteiger partial charge in [0.2, 0.25) is 0 Å². The molecule has 0 radical (unpaired) electrons. The number of hydrogen-bond donors (Lipinski definition) is 0. The van der Waals surface area contributed by atoms with Crippen LogP contribution in [-0.2, 0) is 13.6 Å². The van der Waals surface area contributed by atoms with E-state index in [1.807, 2.05) is 0 Å². The highest BCUT2D eigenvalue weighted by Crippen LogP contribution is 2.21. The second-order valence-electron chi connectivity index (χ2n) is 1.06. The summed E-state index contributed by atoms with van der Waals surface area (Å²) < 4.78 is 19.5. The zero-order valence-corrected chi connectivity index (χ0v) is 5.98. The molecule has 23 heavy (non-hydrogen) atoms. The zero-order chi connectivity index (χ0) is 6.41. The van der Waals surface area contributed by atoms with Crippen molar-refractivity contribution in [2.24, 2.45) is 0 Å². The fraction of sp³-hybridized carbons (Fsp3) is 1.00. The van der Waals surface area contributed by atoms with E-state index in [9.17, 15) is 4.57 Å². The molecule has 0 saturated carbocycles. The molecule has 0 atom stereocenters. The summed E-state index contributed by atoms with van der Waals surface area (Å²) in [4.78, 5) is 0.